The van der Waals surface area contributed by atoms with Gasteiger partial charge in [-0.3, -0.25) is 0 Å². The molecular formula is C27H59NO. The van der Waals surface area contributed by atoms with Gasteiger partial charge in [0.25, 0.3) is 0 Å². The Morgan fingerprint density at radius 2 is 0.517 bits per heavy atom. The molecule has 0 heterocycles. The minimum atomic E-state index is 0. The van der Waals surface area contributed by atoms with Crippen molar-refractivity contribution in [1.29, 1.82) is 0 Å². The number of hydrogen-bond acceptors (Lipinski definition) is 1. The molecule has 0 aromatic heterocycles. The molecule has 0 radical (unpaired) electrons. The average molecular weight is 414 g/mol. The van der Waals surface area contributed by atoms with Gasteiger partial charge in [-0.2, -0.15) is 0 Å². The van der Waals surface area contributed by atoms with Crippen LogP contribution in [0, 0.1) is 0 Å². The van der Waals surface area contributed by atoms with E-state index in [2.05, 4.69) is 27.7 Å². The third kappa shape index (κ3) is 19.6. The highest BCUT2D eigenvalue weighted by molar-refractivity contribution is 4.54. The van der Waals surface area contributed by atoms with Crippen LogP contribution in [0.25, 0.3) is 0 Å². The second-order valence-corrected chi connectivity index (χ2v) is 9.54. The highest BCUT2D eigenvalue weighted by Gasteiger charge is 2.25. The van der Waals surface area contributed by atoms with E-state index < -0.39 is 0 Å². The van der Waals surface area contributed by atoms with Crippen LogP contribution in [0.5, 0.6) is 0 Å². The molecule has 0 spiro atoms. The molecular weight excluding hydrogens is 354 g/mol. The molecule has 0 saturated heterocycles. The van der Waals surface area contributed by atoms with Crippen molar-refractivity contribution < 1.29 is 9.96 Å². The summed E-state index contributed by atoms with van der Waals surface area (Å²) in [5.74, 6) is 0. The fourth-order valence-corrected chi connectivity index (χ4v) is 4.70. The molecule has 0 atom stereocenters. The van der Waals surface area contributed by atoms with E-state index in [1.165, 1.54) is 153 Å². The fourth-order valence-electron chi connectivity index (χ4n) is 4.70. The standard InChI is InChI=1S/C27H58N.H2O/c1-5-9-13-17-21-25-28(24-20-16-12-8-4,26-22-18-14-10-6-2)27-23-19-15-11-7-3;/h5-27H2,1-4H3;1H2/q+1;/p-1. The first-order valence-electron chi connectivity index (χ1n) is 13.6. The molecule has 0 aromatic carbocycles. The summed E-state index contributed by atoms with van der Waals surface area (Å²) in [7, 11) is 0. The maximum absolute atomic E-state index is 2.34. The van der Waals surface area contributed by atoms with Crippen LogP contribution in [0.3, 0.4) is 0 Å². The summed E-state index contributed by atoms with van der Waals surface area (Å²) in [5.41, 5.74) is 0. The Morgan fingerprint density at radius 1 is 0.310 bits per heavy atom. The van der Waals surface area contributed by atoms with Crippen molar-refractivity contribution in [3.8, 4) is 0 Å². The molecule has 0 rings (SSSR count). The zero-order valence-electron chi connectivity index (χ0n) is 21.2. The van der Waals surface area contributed by atoms with Gasteiger partial charge in [0, 0.05) is 0 Å². The molecule has 0 aromatic rings. The average Bonchev–Trinajstić information content (AvgIpc) is 2.70. The Labute approximate surface area is 186 Å². The van der Waals surface area contributed by atoms with Gasteiger partial charge < -0.3 is 9.96 Å². The number of quaternary nitrogens is 1. The van der Waals surface area contributed by atoms with E-state index in [9.17, 15) is 0 Å². The summed E-state index contributed by atoms with van der Waals surface area (Å²) >= 11 is 0. The molecule has 178 valence electrons. The summed E-state index contributed by atoms with van der Waals surface area (Å²) in [6, 6.07) is 0. The van der Waals surface area contributed by atoms with Gasteiger partial charge in [0.1, 0.15) is 0 Å². The van der Waals surface area contributed by atoms with E-state index in [0.29, 0.717) is 0 Å². The predicted molar refractivity (Wildman–Crippen MR) is 132 cm³/mol. The second-order valence-electron chi connectivity index (χ2n) is 9.54. The monoisotopic (exact) mass is 413 g/mol. The summed E-state index contributed by atoms with van der Waals surface area (Å²) in [5, 5.41) is 0. The van der Waals surface area contributed by atoms with Crippen LogP contribution in [0.2, 0.25) is 0 Å². The molecule has 0 saturated carbocycles. The zero-order valence-corrected chi connectivity index (χ0v) is 21.2. The minimum absolute atomic E-state index is 0. The van der Waals surface area contributed by atoms with E-state index in [4.69, 9.17) is 0 Å². The van der Waals surface area contributed by atoms with Crippen molar-refractivity contribution in [3.63, 3.8) is 0 Å². The highest BCUT2D eigenvalue weighted by Crippen LogP contribution is 2.20. The van der Waals surface area contributed by atoms with E-state index in [-0.39, 0.29) is 5.48 Å². The van der Waals surface area contributed by atoms with E-state index in [1.54, 1.807) is 0 Å². The van der Waals surface area contributed by atoms with Gasteiger partial charge in [0.05, 0.1) is 26.2 Å². The van der Waals surface area contributed by atoms with Crippen LogP contribution in [0.1, 0.15) is 150 Å². The van der Waals surface area contributed by atoms with E-state index in [0.717, 1.165) is 0 Å². The van der Waals surface area contributed by atoms with Gasteiger partial charge in [-0.15, -0.1) is 0 Å². The Kier molecular flexibility index (Phi) is 26.0. The lowest BCUT2D eigenvalue weighted by atomic mass is 10.1. The van der Waals surface area contributed by atoms with Crippen molar-refractivity contribution in [2.75, 3.05) is 26.2 Å². The van der Waals surface area contributed by atoms with E-state index >= 15 is 0 Å². The first kappa shape index (κ1) is 31.1. The van der Waals surface area contributed by atoms with Gasteiger partial charge in [-0.1, -0.05) is 98.3 Å². The number of unbranched alkanes of at least 4 members (excludes halogenated alkanes) is 15. The lowest BCUT2D eigenvalue weighted by molar-refractivity contribution is -0.929. The van der Waals surface area contributed by atoms with Crippen LogP contribution in [-0.4, -0.2) is 36.1 Å². The van der Waals surface area contributed by atoms with E-state index in [1.807, 2.05) is 0 Å². The van der Waals surface area contributed by atoms with Crippen molar-refractivity contribution in [2.45, 2.75) is 150 Å². The summed E-state index contributed by atoms with van der Waals surface area (Å²) < 4.78 is 1.47. The predicted octanol–water partition coefficient (Wildman–Crippen LogP) is 9.12. The minimum Gasteiger partial charge on any atom is -0.870 e. The van der Waals surface area contributed by atoms with Crippen LogP contribution in [0.4, 0.5) is 0 Å². The molecule has 0 aliphatic carbocycles. The number of nitrogens with zero attached hydrogens (tertiary/aromatic N) is 1. The molecule has 0 unspecified atom stereocenters. The summed E-state index contributed by atoms with van der Waals surface area (Å²) in [4.78, 5) is 0. The van der Waals surface area contributed by atoms with Gasteiger partial charge >= 0.3 is 0 Å². The summed E-state index contributed by atoms with van der Waals surface area (Å²) in [6.07, 6.45) is 27.3. The summed E-state index contributed by atoms with van der Waals surface area (Å²) in [6.45, 7) is 15.2. The molecule has 0 fully saturated rings. The van der Waals surface area contributed by atoms with Gasteiger partial charge in [-0.05, 0) is 51.4 Å². The lowest BCUT2D eigenvalue weighted by Crippen LogP contribution is -2.50. The van der Waals surface area contributed by atoms with Crippen molar-refractivity contribution in [3.05, 3.63) is 0 Å². The highest BCUT2D eigenvalue weighted by atomic mass is 16.0. The first-order valence-corrected chi connectivity index (χ1v) is 13.6. The Bertz CT molecular complexity index is 256. The largest absolute Gasteiger partial charge is 0.870 e. The van der Waals surface area contributed by atoms with Crippen molar-refractivity contribution >= 4 is 0 Å². The second kappa shape index (κ2) is 24.2. The molecule has 2 nitrogen and oxygen atoms in total. The van der Waals surface area contributed by atoms with Crippen LogP contribution in [-0.2, 0) is 0 Å². The topological polar surface area (TPSA) is 30.0 Å². The molecule has 0 aliphatic rings. The van der Waals surface area contributed by atoms with Gasteiger partial charge in [-0.25, -0.2) is 0 Å². The molecule has 29 heavy (non-hydrogen) atoms. The normalized spacial score (nSPS) is 11.6. The SMILES string of the molecule is CCCCCCC[N+](CCCCCC)(CCCCCCC)CCCCCCC.[OH-]. The lowest BCUT2D eigenvalue weighted by Gasteiger charge is -2.39. The molecule has 0 amide bonds. The Morgan fingerprint density at radius 3 is 0.759 bits per heavy atom. The van der Waals surface area contributed by atoms with Crippen molar-refractivity contribution in [1.82, 2.24) is 0 Å². The number of rotatable bonds is 23. The van der Waals surface area contributed by atoms with Crippen LogP contribution >= 0.6 is 0 Å². The maximum Gasteiger partial charge on any atom is 0.0786 e. The third-order valence-electron chi connectivity index (χ3n) is 6.69. The molecule has 1 N–H and O–H groups in total. The van der Waals surface area contributed by atoms with Crippen LogP contribution < -0.4 is 0 Å². The number of hydrogen-bond donors (Lipinski definition) is 0. The Hall–Kier alpha value is -0.0800. The fraction of sp³-hybridized carbons (Fsp3) is 1.00. The first-order chi connectivity index (χ1) is 13.7. The van der Waals surface area contributed by atoms with Gasteiger partial charge in [0.15, 0.2) is 0 Å². The maximum atomic E-state index is 2.34. The molecule has 0 bridgehead atoms. The van der Waals surface area contributed by atoms with Gasteiger partial charge in [0.2, 0.25) is 0 Å². The van der Waals surface area contributed by atoms with Crippen molar-refractivity contribution in [2.24, 2.45) is 0 Å². The molecule has 2 heteroatoms. The molecule has 0 aliphatic heterocycles. The van der Waals surface area contributed by atoms with Crippen LogP contribution in [0.15, 0.2) is 0 Å². The quantitative estimate of drug-likeness (QED) is 0.121. The smallest absolute Gasteiger partial charge is 0.0786 e. The Balaban J connectivity index is 0. The zero-order chi connectivity index (χ0) is 20.8. The third-order valence-corrected chi connectivity index (χ3v) is 6.69.